The van der Waals surface area contributed by atoms with Gasteiger partial charge in [0.2, 0.25) is 0 Å². The largest absolute Gasteiger partial charge is 0.434 e. The maximum absolute atomic E-state index is 14.1. The lowest BCUT2D eigenvalue weighted by atomic mass is 10.2. The molecule has 0 radical (unpaired) electrons. The van der Waals surface area contributed by atoms with Gasteiger partial charge in [-0.25, -0.2) is 9.37 Å². The molecule has 0 bridgehead atoms. The molecule has 1 unspecified atom stereocenters. The molecular formula is C19H22ClF3IN5O. The molecule has 1 aliphatic rings. The standard InChI is InChI=1S/C19H21ClF3N5O.HI/c1-24-19(26-10-13-15(21)5-2-6-16(13)29-18(22)23)27-12-7-9-28(11-12)17-14(20)4-3-8-25-17;/h2-6,8,12,18H,7,9-11H2,1H3,(H2,24,26,27);1H. The summed E-state index contributed by atoms with van der Waals surface area (Å²) in [4.78, 5) is 10.5. The number of guanidine groups is 1. The zero-order valence-corrected chi connectivity index (χ0v) is 19.2. The summed E-state index contributed by atoms with van der Waals surface area (Å²) in [5, 5.41) is 6.78. The van der Waals surface area contributed by atoms with Gasteiger partial charge in [-0.2, -0.15) is 8.78 Å². The minimum absolute atomic E-state index is 0. The molecule has 30 heavy (non-hydrogen) atoms. The van der Waals surface area contributed by atoms with Gasteiger partial charge in [-0.1, -0.05) is 17.7 Å². The number of nitrogens with one attached hydrogen (secondary N) is 2. The molecule has 6 nitrogen and oxygen atoms in total. The van der Waals surface area contributed by atoms with Crippen LogP contribution in [0.15, 0.2) is 41.5 Å². The summed E-state index contributed by atoms with van der Waals surface area (Å²) in [7, 11) is 1.58. The van der Waals surface area contributed by atoms with Crippen LogP contribution >= 0.6 is 35.6 Å². The molecule has 2 heterocycles. The quantitative estimate of drug-likeness (QED) is 0.320. The molecule has 11 heteroatoms. The molecule has 1 aromatic carbocycles. The maximum atomic E-state index is 14.1. The van der Waals surface area contributed by atoms with E-state index in [1.807, 2.05) is 0 Å². The van der Waals surface area contributed by atoms with Crippen molar-refractivity contribution in [2.45, 2.75) is 25.6 Å². The van der Waals surface area contributed by atoms with E-state index in [-0.39, 0.29) is 47.9 Å². The van der Waals surface area contributed by atoms with Gasteiger partial charge >= 0.3 is 6.61 Å². The van der Waals surface area contributed by atoms with Gasteiger partial charge < -0.3 is 20.3 Å². The van der Waals surface area contributed by atoms with Crippen LogP contribution in [0.4, 0.5) is 19.0 Å². The summed E-state index contributed by atoms with van der Waals surface area (Å²) in [5.41, 5.74) is 0.00376. The van der Waals surface area contributed by atoms with Crippen molar-refractivity contribution in [1.29, 1.82) is 0 Å². The molecule has 0 aliphatic carbocycles. The average Bonchev–Trinajstić information content (AvgIpc) is 3.14. The average molecular weight is 556 g/mol. The van der Waals surface area contributed by atoms with Crippen LogP contribution in [0.3, 0.4) is 0 Å². The Hall–Kier alpha value is -1.95. The van der Waals surface area contributed by atoms with E-state index in [1.54, 1.807) is 25.4 Å². The molecule has 3 rings (SSSR count). The number of aromatic nitrogens is 1. The number of anilines is 1. The normalized spacial score (nSPS) is 16.4. The molecular weight excluding hydrogens is 534 g/mol. The molecule has 1 aromatic heterocycles. The Labute approximate surface area is 194 Å². The first-order valence-corrected chi connectivity index (χ1v) is 9.40. The van der Waals surface area contributed by atoms with Crippen LogP contribution in [0.2, 0.25) is 5.02 Å². The van der Waals surface area contributed by atoms with Gasteiger partial charge in [0.15, 0.2) is 5.96 Å². The van der Waals surface area contributed by atoms with Crippen molar-refractivity contribution in [2.24, 2.45) is 4.99 Å². The van der Waals surface area contributed by atoms with Gasteiger partial charge in [0, 0.05) is 44.5 Å². The zero-order chi connectivity index (χ0) is 20.8. The molecule has 0 spiro atoms. The Bertz CT molecular complexity index is 874. The summed E-state index contributed by atoms with van der Waals surface area (Å²) >= 11 is 6.21. The van der Waals surface area contributed by atoms with Gasteiger partial charge in [0.25, 0.3) is 0 Å². The van der Waals surface area contributed by atoms with Crippen LogP contribution in [0, 0.1) is 5.82 Å². The molecule has 164 valence electrons. The van der Waals surface area contributed by atoms with Crippen molar-refractivity contribution in [2.75, 3.05) is 25.0 Å². The van der Waals surface area contributed by atoms with Crippen molar-refractivity contribution >= 4 is 47.4 Å². The fourth-order valence-electron chi connectivity index (χ4n) is 3.16. The smallest absolute Gasteiger partial charge is 0.387 e. The van der Waals surface area contributed by atoms with Gasteiger partial charge in [-0.05, 0) is 30.7 Å². The predicted molar refractivity (Wildman–Crippen MR) is 122 cm³/mol. The molecule has 2 aromatic rings. The highest BCUT2D eigenvalue weighted by Gasteiger charge is 2.25. The van der Waals surface area contributed by atoms with Crippen LogP contribution < -0.4 is 20.3 Å². The number of rotatable bonds is 6. The van der Waals surface area contributed by atoms with E-state index >= 15 is 0 Å². The number of ether oxygens (including phenoxy) is 1. The maximum Gasteiger partial charge on any atom is 0.387 e. The predicted octanol–water partition coefficient (Wildman–Crippen LogP) is 4.04. The van der Waals surface area contributed by atoms with E-state index in [0.29, 0.717) is 17.5 Å². The lowest BCUT2D eigenvalue weighted by molar-refractivity contribution is -0.0506. The molecule has 0 amide bonds. The van der Waals surface area contributed by atoms with E-state index in [4.69, 9.17) is 11.6 Å². The SMILES string of the molecule is CN=C(NCc1c(F)cccc1OC(F)F)NC1CCN(c2ncccc2Cl)C1.I. The monoisotopic (exact) mass is 555 g/mol. The highest BCUT2D eigenvalue weighted by Crippen LogP contribution is 2.26. The number of alkyl halides is 2. The summed E-state index contributed by atoms with van der Waals surface area (Å²) in [6.07, 6.45) is 2.52. The number of hydrogen-bond donors (Lipinski definition) is 2. The zero-order valence-electron chi connectivity index (χ0n) is 16.1. The van der Waals surface area contributed by atoms with E-state index in [1.165, 1.54) is 18.2 Å². The van der Waals surface area contributed by atoms with Crippen LogP contribution in [-0.2, 0) is 6.54 Å². The molecule has 1 atom stereocenters. The molecule has 1 aliphatic heterocycles. The second kappa shape index (κ2) is 11.4. The molecule has 0 saturated carbocycles. The Morgan fingerprint density at radius 3 is 2.87 bits per heavy atom. The minimum Gasteiger partial charge on any atom is -0.434 e. The first-order valence-electron chi connectivity index (χ1n) is 9.02. The lowest BCUT2D eigenvalue weighted by Gasteiger charge is -2.20. The molecule has 2 N–H and O–H groups in total. The van der Waals surface area contributed by atoms with Crippen molar-refractivity contribution in [3.63, 3.8) is 0 Å². The molecule has 1 fully saturated rings. The second-order valence-corrected chi connectivity index (χ2v) is 6.81. The summed E-state index contributed by atoms with van der Waals surface area (Å²) in [5.74, 6) is 0.305. The summed E-state index contributed by atoms with van der Waals surface area (Å²) < 4.78 is 43.6. The van der Waals surface area contributed by atoms with Crippen molar-refractivity contribution in [1.82, 2.24) is 15.6 Å². The fraction of sp³-hybridized carbons (Fsp3) is 0.368. The number of pyridine rings is 1. The highest BCUT2D eigenvalue weighted by atomic mass is 127. The van der Waals surface area contributed by atoms with Crippen molar-refractivity contribution in [3.05, 3.63) is 52.9 Å². The van der Waals surface area contributed by atoms with E-state index in [9.17, 15) is 13.2 Å². The van der Waals surface area contributed by atoms with Crippen LogP contribution in [-0.4, -0.2) is 43.7 Å². The number of aliphatic imine (C=N–C) groups is 1. The Balaban J connectivity index is 0.00000320. The summed E-state index contributed by atoms with van der Waals surface area (Å²) in [6.45, 7) is -1.66. The third-order valence-electron chi connectivity index (χ3n) is 4.52. The minimum atomic E-state index is -3.03. The number of nitrogens with zero attached hydrogens (tertiary/aromatic N) is 3. The van der Waals surface area contributed by atoms with Crippen LogP contribution in [0.5, 0.6) is 5.75 Å². The third kappa shape index (κ3) is 6.27. The van der Waals surface area contributed by atoms with Gasteiger partial charge in [0.1, 0.15) is 17.4 Å². The number of hydrogen-bond acceptors (Lipinski definition) is 4. The second-order valence-electron chi connectivity index (χ2n) is 6.41. The fourth-order valence-corrected chi connectivity index (χ4v) is 3.40. The van der Waals surface area contributed by atoms with E-state index in [0.717, 1.165) is 18.8 Å². The van der Waals surface area contributed by atoms with E-state index < -0.39 is 12.4 Å². The van der Waals surface area contributed by atoms with Crippen molar-refractivity contribution in [3.8, 4) is 5.75 Å². The van der Waals surface area contributed by atoms with Crippen LogP contribution in [0.1, 0.15) is 12.0 Å². The summed E-state index contributed by atoms with van der Waals surface area (Å²) in [6, 6.07) is 7.44. The number of benzene rings is 1. The first-order chi connectivity index (χ1) is 14.0. The molecule has 1 saturated heterocycles. The van der Waals surface area contributed by atoms with Gasteiger partial charge in [-0.15, -0.1) is 24.0 Å². The van der Waals surface area contributed by atoms with Crippen molar-refractivity contribution < 1.29 is 17.9 Å². The number of halogens is 5. The highest BCUT2D eigenvalue weighted by molar-refractivity contribution is 14.0. The first kappa shape index (κ1) is 24.3. The van der Waals surface area contributed by atoms with Gasteiger partial charge in [-0.3, -0.25) is 4.99 Å². The Morgan fingerprint density at radius 1 is 1.37 bits per heavy atom. The Kier molecular flexibility index (Phi) is 9.28. The topological polar surface area (TPSA) is 61.8 Å². The van der Waals surface area contributed by atoms with E-state index in [2.05, 4.69) is 30.2 Å². The van der Waals surface area contributed by atoms with Crippen LogP contribution in [0.25, 0.3) is 0 Å². The third-order valence-corrected chi connectivity index (χ3v) is 4.81. The lowest BCUT2D eigenvalue weighted by Crippen LogP contribution is -2.44. The van der Waals surface area contributed by atoms with Gasteiger partial charge in [0.05, 0.1) is 5.02 Å². The Morgan fingerprint density at radius 2 is 2.17 bits per heavy atom.